The Morgan fingerprint density at radius 1 is 1.29 bits per heavy atom. The molecule has 2 N–H and O–H groups in total. The van der Waals surface area contributed by atoms with Gasteiger partial charge in [0, 0.05) is 12.3 Å². The van der Waals surface area contributed by atoms with Crippen molar-refractivity contribution in [3.8, 4) is 0 Å². The van der Waals surface area contributed by atoms with E-state index in [1.807, 2.05) is 0 Å². The molecule has 1 aromatic carbocycles. The van der Waals surface area contributed by atoms with Crippen molar-refractivity contribution in [2.75, 3.05) is 5.73 Å². The van der Waals surface area contributed by atoms with Crippen LogP contribution in [0.25, 0.3) is 5.65 Å². The van der Waals surface area contributed by atoms with Gasteiger partial charge in [0.15, 0.2) is 5.65 Å². The number of hydrogen-bond acceptors (Lipinski definition) is 5. The fourth-order valence-corrected chi connectivity index (χ4v) is 2.11. The highest BCUT2D eigenvalue weighted by Crippen LogP contribution is 2.22. The lowest BCUT2D eigenvalue weighted by Crippen LogP contribution is -2.21. The van der Waals surface area contributed by atoms with Crippen LogP contribution in [0.15, 0.2) is 47.4 Å². The van der Waals surface area contributed by atoms with Crippen molar-refractivity contribution in [1.82, 2.24) is 14.2 Å². The summed E-state index contributed by atoms with van der Waals surface area (Å²) in [6.45, 7) is 0.197. The normalized spacial score (nSPS) is 10.9. The van der Waals surface area contributed by atoms with Crippen LogP contribution in [0.1, 0.15) is 5.56 Å². The second-order valence-electron chi connectivity index (χ2n) is 4.52. The van der Waals surface area contributed by atoms with Crippen LogP contribution in [0.2, 0.25) is 0 Å². The van der Waals surface area contributed by atoms with E-state index >= 15 is 0 Å². The van der Waals surface area contributed by atoms with E-state index in [0.717, 1.165) is 0 Å². The lowest BCUT2D eigenvalue weighted by atomic mass is 10.2. The summed E-state index contributed by atoms with van der Waals surface area (Å²) in [4.78, 5) is 22.3. The minimum absolute atomic E-state index is 0.0642. The molecule has 0 radical (unpaired) electrons. The molecule has 0 atom stereocenters. The molecule has 0 fully saturated rings. The number of nitrogen functional groups attached to an aromatic ring is 1. The van der Waals surface area contributed by atoms with Crippen LogP contribution < -0.4 is 11.4 Å². The molecule has 0 saturated heterocycles. The molecular formula is C13H11N5O3. The number of nitrogens with zero attached hydrogens (tertiary/aromatic N) is 4. The van der Waals surface area contributed by atoms with Gasteiger partial charge in [0.1, 0.15) is 5.69 Å². The summed E-state index contributed by atoms with van der Waals surface area (Å²) in [5, 5.41) is 14.9. The van der Waals surface area contributed by atoms with E-state index < -0.39 is 4.92 Å². The van der Waals surface area contributed by atoms with Crippen molar-refractivity contribution >= 4 is 17.0 Å². The summed E-state index contributed by atoms with van der Waals surface area (Å²) in [7, 11) is 0. The largest absolute Gasteiger partial charge is 0.393 e. The maximum absolute atomic E-state index is 12.1. The molecule has 3 rings (SSSR count). The molecule has 0 spiro atoms. The third-order valence-electron chi connectivity index (χ3n) is 3.11. The topological polar surface area (TPSA) is 108 Å². The van der Waals surface area contributed by atoms with Gasteiger partial charge in [-0.1, -0.05) is 12.1 Å². The van der Waals surface area contributed by atoms with Gasteiger partial charge in [0.25, 0.3) is 5.69 Å². The fourth-order valence-electron chi connectivity index (χ4n) is 2.11. The standard InChI is InChI=1S/C13H11N5O3/c14-10-7-9(4-5-11(10)18(20)21)8-17-13(19)16-6-2-1-3-12(16)15-17/h1-7H,8,14H2. The summed E-state index contributed by atoms with van der Waals surface area (Å²) in [6, 6.07) is 9.62. The zero-order valence-corrected chi connectivity index (χ0v) is 10.8. The Balaban J connectivity index is 1.99. The van der Waals surface area contributed by atoms with E-state index in [-0.39, 0.29) is 23.6 Å². The molecule has 8 heteroatoms. The fraction of sp³-hybridized carbons (Fsp3) is 0.0769. The zero-order chi connectivity index (χ0) is 15.0. The van der Waals surface area contributed by atoms with Gasteiger partial charge in [-0.25, -0.2) is 9.48 Å². The first kappa shape index (κ1) is 12.9. The number of hydrogen-bond donors (Lipinski definition) is 1. The lowest BCUT2D eigenvalue weighted by molar-refractivity contribution is -0.383. The van der Waals surface area contributed by atoms with Gasteiger partial charge >= 0.3 is 5.69 Å². The van der Waals surface area contributed by atoms with Crippen molar-refractivity contribution in [3.05, 3.63) is 68.8 Å². The predicted octanol–water partition coefficient (Wildman–Crippen LogP) is 1.03. The number of rotatable bonds is 3. The Bertz CT molecular complexity index is 896. The molecule has 0 bridgehead atoms. The third-order valence-corrected chi connectivity index (χ3v) is 3.11. The molecule has 21 heavy (non-hydrogen) atoms. The number of fused-ring (bicyclic) bond motifs is 1. The maximum Gasteiger partial charge on any atom is 0.350 e. The van der Waals surface area contributed by atoms with Crippen molar-refractivity contribution < 1.29 is 4.92 Å². The van der Waals surface area contributed by atoms with E-state index in [2.05, 4.69) is 5.10 Å². The average molecular weight is 285 g/mol. The number of nitro groups is 1. The highest BCUT2D eigenvalue weighted by atomic mass is 16.6. The Kier molecular flexibility index (Phi) is 2.90. The molecule has 3 aromatic rings. The first-order valence-electron chi connectivity index (χ1n) is 6.13. The molecule has 0 aliphatic carbocycles. The lowest BCUT2D eigenvalue weighted by Gasteiger charge is -2.02. The van der Waals surface area contributed by atoms with Crippen LogP contribution in [0.4, 0.5) is 11.4 Å². The van der Waals surface area contributed by atoms with E-state index in [1.165, 1.54) is 21.2 Å². The molecule has 0 amide bonds. The van der Waals surface area contributed by atoms with Crippen LogP contribution in [-0.2, 0) is 6.54 Å². The van der Waals surface area contributed by atoms with Crippen molar-refractivity contribution in [3.63, 3.8) is 0 Å². The second-order valence-corrected chi connectivity index (χ2v) is 4.52. The summed E-state index contributed by atoms with van der Waals surface area (Å²) in [5.74, 6) is 0. The Hall–Kier alpha value is -3.16. The molecule has 8 nitrogen and oxygen atoms in total. The van der Waals surface area contributed by atoms with Gasteiger partial charge in [-0.15, -0.1) is 5.10 Å². The summed E-state index contributed by atoms with van der Waals surface area (Å²) >= 11 is 0. The molecule has 106 valence electrons. The van der Waals surface area contributed by atoms with Gasteiger partial charge < -0.3 is 5.73 Å². The van der Waals surface area contributed by atoms with Crippen molar-refractivity contribution in [2.24, 2.45) is 0 Å². The van der Waals surface area contributed by atoms with Gasteiger partial charge in [0.05, 0.1) is 11.5 Å². The van der Waals surface area contributed by atoms with E-state index in [4.69, 9.17) is 5.73 Å². The smallest absolute Gasteiger partial charge is 0.350 e. The Labute approximate surface area is 118 Å². The highest BCUT2D eigenvalue weighted by molar-refractivity contribution is 5.59. The van der Waals surface area contributed by atoms with E-state index in [9.17, 15) is 14.9 Å². The summed E-state index contributed by atoms with van der Waals surface area (Å²) in [5.41, 5.74) is 6.48. The quantitative estimate of drug-likeness (QED) is 0.439. The van der Waals surface area contributed by atoms with Gasteiger partial charge in [-0.05, 0) is 23.8 Å². The van der Waals surface area contributed by atoms with Crippen LogP contribution in [0, 0.1) is 10.1 Å². The number of aromatic nitrogens is 3. The SMILES string of the molecule is Nc1cc(Cn2nc3ccccn3c2=O)ccc1[N+](=O)[O-]. The molecule has 0 unspecified atom stereocenters. The summed E-state index contributed by atoms with van der Waals surface area (Å²) in [6.07, 6.45) is 1.63. The molecule has 0 aliphatic heterocycles. The highest BCUT2D eigenvalue weighted by Gasteiger charge is 2.12. The monoisotopic (exact) mass is 285 g/mol. The zero-order valence-electron chi connectivity index (χ0n) is 10.8. The molecular weight excluding hydrogens is 274 g/mol. The van der Waals surface area contributed by atoms with Crippen LogP contribution in [-0.4, -0.2) is 19.1 Å². The van der Waals surface area contributed by atoms with Crippen LogP contribution >= 0.6 is 0 Å². The van der Waals surface area contributed by atoms with E-state index in [0.29, 0.717) is 11.2 Å². The van der Waals surface area contributed by atoms with Gasteiger partial charge in [0.2, 0.25) is 0 Å². The van der Waals surface area contributed by atoms with Crippen molar-refractivity contribution in [1.29, 1.82) is 0 Å². The third kappa shape index (κ3) is 2.22. The molecule has 2 aromatic heterocycles. The summed E-state index contributed by atoms with van der Waals surface area (Å²) < 4.78 is 2.71. The number of benzene rings is 1. The van der Waals surface area contributed by atoms with Gasteiger partial charge in [-0.2, -0.15) is 0 Å². The maximum atomic E-state index is 12.1. The number of pyridine rings is 1. The first-order valence-corrected chi connectivity index (χ1v) is 6.13. The molecule has 0 saturated carbocycles. The predicted molar refractivity (Wildman–Crippen MR) is 76.1 cm³/mol. The average Bonchev–Trinajstić information content (AvgIpc) is 2.76. The first-order chi connectivity index (χ1) is 10.1. The number of nitro benzene ring substituents is 1. The van der Waals surface area contributed by atoms with E-state index in [1.54, 1.807) is 30.5 Å². The Morgan fingerprint density at radius 2 is 2.10 bits per heavy atom. The Morgan fingerprint density at radius 3 is 2.76 bits per heavy atom. The number of anilines is 1. The molecule has 0 aliphatic rings. The van der Waals surface area contributed by atoms with Crippen LogP contribution in [0.5, 0.6) is 0 Å². The minimum Gasteiger partial charge on any atom is -0.393 e. The molecule has 2 heterocycles. The van der Waals surface area contributed by atoms with Crippen molar-refractivity contribution in [2.45, 2.75) is 6.54 Å². The van der Waals surface area contributed by atoms with Gasteiger partial charge in [-0.3, -0.25) is 14.5 Å². The second kappa shape index (κ2) is 4.75. The number of nitrogens with two attached hydrogens (primary N) is 1. The minimum atomic E-state index is -0.545. The van der Waals surface area contributed by atoms with Crippen LogP contribution in [0.3, 0.4) is 0 Å².